The van der Waals surface area contributed by atoms with Gasteiger partial charge in [-0.05, 0) is 56.4 Å². The Morgan fingerprint density at radius 2 is 1.43 bits per heavy atom. The zero-order valence-electron chi connectivity index (χ0n) is 15.4. The van der Waals surface area contributed by atoms with Crippen LogP contribution in [-0.2, 0) is 19.6 Å². The van der Waals surface area contributed by atoms with Crippen molar-refractivity contribution in [3.05, 3.63) is 85.6 Å². The molecule has 0 heterocycles. The van der Waals surface area contributed by atoms with E-state index in [-0.39, 0.29) is 5.92 Å². The van der Waals surface area contributed by atoms with Gasteiger partial charge in [-0.2, -0.15) is 9.78 Å². The van der Waals surface area contributed by atoms with Crippen molar-refractivity contribution in [2.45, 2.75) is 31.0 Å². The second kappa shape index (κ2) is 8.99. The molecule has 0 aliphatic heterocycles. The summed E-state index contributed by atoms with van der Waals surface area (Å²) in [5.41, 5.74) is -0.504. The van der Waals surface area contributed by atoms with Crippen molar-refractivity contribution < 1.29 is 29.1 Å². The van der Waals surface area contributed by atoms with Crippen LogP contribution in [0, 0.1) is 19.8 Å². The van der Waals surface area contributed by atoms with Gasteiger partial charge in [-0.25, -0.2) is 9.59 Å². The van der Waals surface area contributed by atoms with Crippen molar-refractivity contribution in [3.8, 4) is 0 Å². The van der Waals surface area contributed by atoms with E-state index in [0.717, 1.165) is 0 Å². The average Bonchev–Trinajstić information content (AvgIpc) is 2.74. The minimum atomic E-state index is -1.21. The Balaban J connectivity index is 1.62. The molecule has 1 saturated carbocycles. The SMILES string of the molecule is [CH2]C1CCC([CH2])(OOC(=O)c2ccccc2)C(OOC(=O)c2ccccc2)C1. The van der Waals surface area contributed by atoms with Gasteiger partial charge in [0, 0.05) is 0 Å². The lowest BCUT2D eigenvalue weighted by molar-refractivity contribution is -0.380. The average molecular weight is 382 g/mol. The summed E-state index contributed by atoms with van der Waals surface area (Å²) >= 11 is 0. The molecule has 1 fully saturated rings. The molecule has 0 saturated heterocycles. The molecule has 2 aromatic rings. The smallest absolute Gasteiger partial charge is 0.292 e. The third kappa shape index (κ3) is 4.97. The molecule has 3 rings (SSSR count). The highest BCUT2D eigenvalue weighted by atomic mass is 17.2. The van der Waals surface area contributed by atoms with Gasteiger partial charge in [-0.3, -0.25) is 9.78 Å². The number of carbonyl (C=O) groups is 2. The molecule has 0 aromatic heterocycles. The summed E-state index contributed by atoms with van der Waals surface area (Å²) < 4.78 is 0. The maximum atomic E-state index is 12.1. The van der Waals surface area contributed by atoms with Gasteiger partial charge in [0.1, 0.15) is 11.7 Å². The Morgan fingerprint density at radius 3 is 2.00 bits per heavy atom. The van der Waals surface area contributed by atoms with Crippen molar-refractivity contribution in [1.82, 2.24) is 0 Å². The summed E-state index contributed by atoms with van der Waals surface area (Å²) in [4.78, 5) is 45.0. The fourth-order valence-electron chi connectivity index (χ4n) is 2.93. The molecule has 0 bridgehead atoms. The van der Waals surface area contributed by atoms with E-state index in [1.807, 2.05) is 0 Å². The first-order valence-corrected chi connectivity index (χ1v) is 9.04. The molecule has 2 aromatic carbocycles. The van der Waals surface area contributed by atoms with Crippen LogP contribution in [0.4, 0.5) is 0 Å². The normalized spacial score (nSPS) is 24.4. The predicted octanol–water partition coefficient (Wildman–Crippen LogP) is 4.14. The third-order valence-corrected chi connectivity index (χ3v) is 4.65. The van der Waals surface area contributed by atoms with Crippen LogP contribution >= 0.6 is 0 Å². The summed E-state index contributed by atoms with van der Waals surface area (Å²) in [6.45, 7) is 8.05. The zero-order valence-corrected chi connectivity index (χ0v) is 15.4. The molecule has 6 heteroatoms. The van der Waals surface area contributed by atoms with Crippen LogP contribution in [0.3, 0.4) is 0 Å². The molecule has 1 aliphatic rings. The van der Waals surface area contributed by atoms with E-state index in [1.165, 1.54) is 0 Å². The highest BCUT2D eigenvalue weighted by molar-refractivity contribution is 5.89. The van der Waals surface area contributed by atoms with Crippen molar-refractivity contribution in [2.75, 3.05) is 0 Å². The fraction of sp³-hybridized carbons (Fsp3) is 0.273. The Bertz CT molecular complexity index is 791. The lowest BCUT2D eigenvalue weighted by atomic mass is 9.78. The quantitative estimate of drug-likeness (QED) is 0.552. The molecule has 28 heavy (non-hydrogen) atoms. The molecule has 1 aliphatic carbocycles. The topological polar surface area (TPSA) is 71.1 Å². The number of benzene rings is 2. The van der Waals surface area contributed by atoms with E-state index in [0.29, 0.717) is 30.4 Å². The Hall–Kier alpha value is -2.70. The van der Waals surface area contributed by atoms with Crippen molar-refractivity contribution in [2.24, 2.45) is 5.92 Å². The van der Waals surface area contributed by atoms with E-state index in [9.17, 15) is 9.59 Å². The lowest BCUT2D eigenvalue weighted by Crippen LogP contribution is -2.48. The van der Waals surface area contributed by atoms with E-state index < -0.39 is 23.6 Å². The lowest BCUT2D eigenvalue weighted by Gasteiger charge is -2.39. The Labute approximate surface area is 164 Å². The number of carbonyl (C=O) groups excluding carboxylic acids is 2. The Kier molecular flexibility index (Phi) is 6.44. The molecule has 3 unspecified atom stereocenters. The van der Waals surface area contributed by atoms with Gasteiger partial charge in [0.05, 0.1) is 11.1 Å². The summed E-state index contributed by atoms with van der Waals surface area (Å²) in [7, 11) is 0. The van der Waals surface area contributed by atoms with E-state index in [4.69, 9.17) is 19.6 Å². The zero-order chi connectivity index (χ0) is 20.0. The van der Waals surface area contributed by atoms with Gasteiger partial charge in [-0.1, -0.05) is 43.3 Å². The largest absolute Gasteiger partial charge is 0.373 e. The van der Waals surface area contributed by atoms with Crippen LogP contribution in [0.2, 0.25) is 0 Å². The predicted molar refractivity (Wildman–Crippen MR) is 100 cm³/mol. The van der Waals surface area contributed by atoms with E-state index in [2.05, 4.69) is 13.8 Å². The second-order valence-electron chi connectivity index (χ2n) is 6.85. The molecule has 6 nitrogen and oxygen atoms in total. The first kappa shape index (κ1) is 20.0. The van der Waals surface area contributed by atoms with Crippen LogP contribution in [0.15, 0.2) is 60.7 Å². The second-order valence-corrected chi connectivity index (χ2v) is 6.85. The molecule has 2 radical (unpaired) electrons. The summed E-state index contributed by atoms with van der Waals surface area (Å²) in [5.74, 6) is -1.19. The highest BCUT2D eigenvalue weighted by Crippen LogP contribution is 2.37. The number of rotatable bonds is 6. The third-order valence-electron chi connectivity index (χ3n) is 4.65. The monoisotopic (exact) mass is 382 g/mol. The first-order chi connectivity index (χ1) is 13.5. The molecular weight excluding hydrogens is 360 g/mol. The number of hydrogen-bond acceptors (Lipinski definition) is 6. The van der Waals surface area contributed by atoms with Gasteiger partial charge in [0.15, 0.2) is 0 Å². The first-order valence-electron chi connectivity index (χ1n) is 9.04. The van der Waals surface area contributed by atoms with Gasteiger partial charge in [0.2, 0.25) is 0 Å². The number of hydrogen-bond donors (Lipinski definition) is 0. The summed E-state index contributed by atoms with van der Waals surface area (Å²) in [6, 6.07) is 16.9. The van der Waals surface area contributed by atoms with Crippen LogP contribution < -0.4 is 0 Å². The van der Waals surface area contributed by atoms with Crippen LogP contribution in [0.5, 0.6) is 0 Å². The van der Waals surface area contributed by atoms with Crippen LogP contribution in [0.25, 0.3) is 0 Å². The van der Waals surface area contributed by atoms with Gasteiger partial charge in [0.25, 0.3) is 0 Å². The van der Waals surface area contributed by atoms with Crippen molar-refractivity contribution >= 4 is 11.9 Å². The van der Waals surface area contributed by atoms with E-state index in [1.54, 1.807) is 60.7 Å². The molecule has 0 spiro atoms. The van der Waals surface area contributed by atoms with Gasteiger partial charge in [-0.15, -0.1) is 0 Å². The maximum Gasteiger partial charge on any atom is 0.373 e. The molecule has 0 amide bonds. The maximum absolute atomic E-state index is 12.1. The summed E-state index contributed by atoms with van der Waals surface area (Å²) in [6.07, 6.45) is 0.837. The fourth-order valence-corrected chi connectivity index (χ4v) is 2.93. The minimum Gasteiger partial charge on any atom is -0.292 e. The van der Waals surface area contributed by atoms with Gasteiger partial charge < -0.3 is 0 Å². The van der Waals surface area contributed by atoms with Crippen molar-refractivity contribution in [3.63, 3.8) is 0 Å². The van der Waals surface area contributed by atoms with Crippen LogP contribution in [0.1, 0.15) is 40.0 Å². The molecule has 146 valence electrons. The van der Waals surface area contributed by atoms with Crippen molar-refractivity contribution in [1.29, 1.82) is 0 Å². The molecule has 3 atom stereocenters. The van der Waals surface area contributed by atoms with Crippen LogP contribution in [-0.4, -0.2) is 23.6 Å². The summed E-state index contributed by atoms with van der Waals surface area (Å²) in [5, 5.41) is 0. The Morgan fingerprint density at radius 1 is 0.893 bits per heavy atom. The molecule has 0 N–H and O–H groups in total. The van der Waals surface area contributed by atoms with Gasteiger partial charge >= 0.3 is 11.9 Å². The minimum absolute atomic E-state index is 0.0729. The van der Waals surface area contributed by atoms with E-state index >= 15 is 0 Å². The molecular formula is C22H22O6. The standard InChI is InChI=1S/C22H22O6/c1-16-13-14-22(2,28-27-21(24)18-11-7-4-8-12-18)19(15-16)25-26-20(23)17-9-5-3-6-10-17/h3-12,16,19H,1-2,13-15H2. The highest BCUT2D eigenvalue weighted by Gasteiger charge is 2.45.